The molecule has 5 heterocycles. The average Bonchev–Trinajstić information content (AvgIpc) is 3.37. The molecule has 0 spiro atoms. The van der Waals surface area contributed by atoms with E-state index in [4.69, 9.17) is 19.4 Å². The van der Waals surface area contributed by atoms with E-state index in [-0.39, 0.29) is 27.8 Å². The maximum atomic E-state index is 6.79. The van der Waals surface area contributed by atoms with Gasteiger partial charge in [0.05, 0.1) is 0 Å². The van der Waals surface area contributed by atoms with Gasteiger partial charge in [-0.15, -0.1) is 40.8 Å². The molecule has 0 N–H and O–H groups in total. The number of ether oxygens (including phenoxy) is 2. The molecule has 0 aliphatic carbocycles. The minimum Gasteiger partial charge on any atom is -0.518 e. The first-order chi connectivity index (χ1) is 21.9. The minimum absolute atomic E-state index is 0. The Morgan fingerprint density at radius 2 is 1.52 bits per heavy atom. The van der Waals surface area contributed by atoms with E-state index < -0.39 is 0 Å². The Kier molecular flexibility index (Phi) is 6.70. The molecule has 9 rings (SSSR count). The molecule has 7 heteroatoms. The summed E-state index contributed by atoms with van der Waals surface area (Å²) in [5.41, 5.74) is 10.3. The second-order valence-electron chi connectivity index (χ2n) is 12.4. The number of hydrogen-bond acceptors (Lipinski definition) is 4. The van der Waals surface area contributed by atoms with E-state index in [1.807, 2.05) is 30.6 Å². The number of para-hydroxylation sites is 1. The number of fused-ring (bicyclic) bond motifs is 7. The Balaban J connectivity index is 0.00000312. The van der Waals surface area contributed by atoms with Crippen LogP contribution in [0, 0.1) is 26.0 Å². The average molecular weight is 777 g/mol. The molecule has 2 aliphatic heterocycles. The summed E-state index contributed by atoms with van der Waals surface area (Å²) < 4.78 is 15.6. The maximum Gasteiger partial charge on any atom is 2.00 e. The van der Waals surface area contributed by atoms with E-state index in [9.17, 15) is 0 Å². The third-order valence-corrected chi connectivity index (χ3v) is 9.09. The van der Waals surface area contributed by atoms with Crippen LogP contribution in [0.1, 0.15) is 36.5 Å². The van der Waals surface area contributed by atoms with E-state index in [1.165, 1.54) is 5.56 Å². The molecule has 0 atom stereocenters. The molecule has 2 aliphatic rings. The number of nitrogens with zero attached hydrogens (tertiary/aromatic N) is 3. The van der Waals surface area contributed by atoms with Crippen LogP contribution in [-0.2, 0) is 21.1 Å². The van der Waals surface area contributed by atoms with Gasteiger partial charge in [-0.2, -0.15) is 6.07 Å². The first-order valence-corrected chi connectivity index (χ1v) is 15.4. The minimum atomic E-state index is -0.186. The van der Waals surface area contributed by atoms with Crippen molar-refractivity contribution in [2.45, 2.75) is 33.6 Å². The number of pyridine rings is 2. The van der Waals surface area contributed by atoms with Gasteiger partial charge in [-0.25, -0.2) is 4.98 Å². The molecular formula is C39H28BN3O2Pt. The zero-order valence-corrected chi connectivity index (χ0v) is 28.1. The quantitative estimate of drug-likeness (QED) is 0.140. The van der Waals surface area contributed by atoms with Crippen molar-refractivity contribution in [1.29, 1.82) is 0 Å². The molecule has 46 heavy (non-hydrogen) atoms. The fourth-order valence-corrected chi connectivity index (χ4v) is 6.97. The van der Waals surface area contributed by atoms with Gasteiger partial charge in [0.2, 0.25) is 6.71 Å². The van der Waals surface area contributed by atoms with Crippen molar-refractivity contribution in [3.05, 3.63) is 120 Å². The van der Waals surface area contributed by atoms with Crippen molar-refractivity contribution in [3.63, 3.8) is 0 Å². The Morgan fingerprint density at radius 1 is 0.761 bits per heavy atom. The molecule has 5 nitrogen and oxygen atoms in total. The van der Waals surface area contributed by atoms with Gasteiger partial charge in [0.1, 0.15) is 17.3 Å². The fraction of sp³-hybridized carbons (Fsp3) is 0.128. The Bertz CT molecular complexity index is 2350. The number of benzene rings is 4. The zero-order chi connectivity index (χ0) is 30.4. The topological polar surface area (TPSA) is 49.2 Å². The molecule has 224 valence electrons. The summed E-state index contributed by atoms with van der Waals surface area (Å²) in [6.45, 7) is 8.37. The third-order valence-electron chi connectivity index (χ3n) is 9.09. The Labute approximate surface area is 282 Å². The van der Waals surface area contributed by atoms with Crippen molar-refractivity contribution >= 4 is 44.9 Å². The van der Waals surface area contributed by atoms with E-state index >= 15 is 0 Å². The molecule has 0 saturated carbocycles. The van der Waals surface area contributed by atoms with Crippen molar-refractivity contribution in [2.75, 3.05) is 0 Å². The van der Waals surface area contributed by atoms with Crippen LogP contribution in [0.5, 0.6) is 23.0 Å². The third kappa shape index (κ3) is 4.27. The van der Waals surface area contributed by atoms with Crippen LogP contribution >= 0.6 is 0 Å². The first kappa shape index (κ1) is 28.8. The number of rotatable bonds is 3. The van der Waals surface area contributed by atoms with Crippen molar-refractivity contribution in [3.8, 4) is 40.1 Å². The van der Waals surface area contributed by atoms with Crippen LogP contribution in [-0.4, -0.2) is 21.2 Å². The smallest absolute Gasteiger partial charge is 0.518 e. The molecule has 0 radical (unpaired) electrons. The van der Waals surface area contributed by atoms with Crippen LogP contribution in [0.25, 0.3) is 38.9 Å². The van der Waals surface area contributed by atoms with Crippen LogP contribution in [0.3, 0.4) is 0 Å². The van der Waals surface area contributed by atoms with Crippen LogP contribution < -0.4 is 25.9 Å². The Hall–Kier alpha value is -4.67. The SMILES string of the molecule is Cc1cnc(-c2[c-]c3c(cc2)Oc2cc(C(C)C)cc4c2B3c2[c-]c3c(cc2O4)c2ccccc2n3-c2ccccn2)c(C)c1.[Pt+2]. The summed E-state index contributed by atoms with van der Waals surface area (Å²) in [5.74, 6) is 4.40. The second-order valence-corrected chi connectivity index (χ2v) is 12.4. The summed E-state index contributed by atoms with van der Waals surface area (Å²) >= 11 is 0. The van der Waals surface area contributed by atoms with E-state index in [0.29, 0.717) is 5.92 Å². The van der Waals surface area contributed by atoms with Gasteiger partial charge in [0.15, 0.2) is 0 Å². The van der Waals surface area contributed by atoms with Crippen molar-refractivity contribution < 1.29 is 30.5 Å². The normalized spacial score (nSPS) is 12.7. The van der Waals surface area contributed by atoms with E-state index in [2.05, 4.69) is 105 Å². The summed E-state index contributed by atoms with van der Waals surface area (Å²) in [6, 6.07) is 34.9. The van der Waals surface area contributed by atoms with Gasteiger partial charge in [-0.1, -0.05) is 60.6 Å². The van der Waals surface area contributed by atoms with Crippen LogP contribution in [0.4, 0.5) is 0 Å². The monoisotopic (exact) mass is 776 g/mol. The molecule has 0 saturated heterocycles. The summed E-state index contributed by atoms with van der Waals surface area (Å²) in [5, 5.41) is 2.20. The van der Waals surface area contributed by atoms with E-state index in [0.717, 1.165) is 89.4 Å². The molecule has 0 unspecified atom stereocenters. The number of aromatic nitrogens is 3. The van der Waals surface area contributed by atoms with Crippen molar-refractivity contribution in [1.82, 2.24) is 14.5 Å². The van der Waals surface area contributed by atoms with Crippen LogP contribution in [0.15, 0.2) is 91.3 Å². The predicted octanol–water partition coefficient (Wildman–Crippen LogP) is 7.31. The zero-order valence-electron chi connectivity index (χ0n) is 25.8. The number of aryl methyl sites for hydroxylation is 2. The van der Waals surface area contributed by atoms with Crippen molar-refractivity contribution in [2.24, 2.45) is 0 Å². The first-order valence-electron chi connectivity index (χ1n) is 15.4. The van der Waals surface area contributed by atoms with Crippen LogP contribution in [0.2, 0.25) is 0 Å². The maximum absolute atomic E-state index is 6.79. The van der Waals surface area contributed by atoms with Gasteiger partial charge in [0, 0.05) is 34.9 Å². The summed E-state index contributed by atoms with van der Waals surface area (Å²) in [4.78, 5) is 9.53. The standard InChI is InChI=1S/C39H28BN3O2.Pt/c1-22(2)26-17-35-38-36(18-26)45-34-19-28-27-9-5-6-10-31(27)43(37-11-7-8-14-41-37)32(28)20-30(34)40(38)29-16-25(12-13-33(29)44-35)39-24(4)15-23(3)21-42-39;/h5-15,17-19,21-22H,1-4H3;/q-2;+2. The molecule has 3 aromatic heterocycles. The molecule has 0 amide bonds. The largest absolute Gasteiger partial charge is 2.00 e. The van der Waals surface area contributed by atoms with E-state index in [1.54, 1.807) is 0 Å². The molecule has 0 fully saturated rings. The van der Waals surface area contributed by atoms with Gasteiger partial charge in [-0.3, -0.25) is 0 Å². The van der Waals surface area contributed by atoms with Gasteiger partial charge in [-0.05, 0) is 72.3 Å². The predicted molar refractivity (Wildman–Crippen MR) is 181 cm³/mol. The van der Waals surface area contributed by atoms with Gasteiger partial charge >= 0.3 is 21.1 Å². The van der Waals surface area contributed by atoms with Gasteiger partial charge < -0.3 is 19.0 Å². The molecular weight excluding hydrogens is 748 g/mol. The summed E-state index contributed by atoms with van der Waals surface area (Å²) in [6.07, 6.45) is 3.75. The number of hydrogen-bond donors (Lipinski definition) is 0. The molecule has 7 aromatic rings. The molecule has 4 aromatic carbocycles. The second kappa shape index (κ2) is 10.7. The van der Waals surface area contributed by atoms with Gasteiger partial charge in [0.25, 0.3) is 0 Å². The fourth-order valence-electron chi connectivity index (χ4n) is 6.97. The molecule has 0 bridgehead atoms. The Morgan fingerprint density at radius 3 is 2.28 bits per heavy atom. The summed E-state index contributed by atoms with van der Waals surface area (Å²) in [7, 11) is 0.